The summed E-state index contributed by atoms with van der Waals surface area (Å²) in [7, 11) is 0. The Labute approximate surface area is 131 Å². The molecule has 0 aliphatic carbocycles. The van der Waals surface area contributed by atoms with Gasteiger partial charge in [-0.3, -0.25) is 14.2 Å². The molecule has 0 spiro atoms. The number of para-hydroxylation sites is 2. The Hall–Kier alpha value is -2.61. The van der Waals surface area contributed by atoms with E-state index < -0.39 is 24.0 Å². The highest BCUT2D eigenvalue weighted by Gasteiger charge is 2.14. The van der Waals surface area contributed by atoms with E-state index in [0.717, 1.165) is 4.57 Å². The Balaban J connectivity index is 2.49. The minimum Gasteiger partial charge on any atom is -0.435 e. The number of benzene rings is 1. The summed E-state index contributed by atoms with van der Waals surface area (Å²) in [5, 5.41) is 8.94. The van der Waals surface area contributed by atoms with Crippen molar-refractivity contribution in [2.75, 3.05) is 13.2 Å². The Morgan fingerprint density at radius 3 is 2.30 bits per heavy atom. The molecule has 124 valence electrons. The molecule has 1 aromatic heterocycles. The molecule has 0 saturated heterocycles. The van der Waals surface area contributed by atoms with Crippen LogP contribution in [0.2, 0.25) is 0 Å². The summed E-state index contributed by atoms with van der Waals surface area (Å²) in [6.07, 6.45) is -0.555. The number of nitrogens with zero attached hydrogens (tertiary/aromatic N) is 2. The van der Waals surface area contributed by atoms with Crippen LogP contribution < -0.4 is 11.1 Å². The van der Waals surface area contributed by atoms with Gasteiger partial charge in [0.25, 0.3) is 0 Å². The summed E-state index contributed by atoms with van der Waals surface area (Å²) in [6.45, 7) is 1.51. The highest BCUT2D eigenvalue weighted by molar-refractivity contribution is 5.75. The molecular weight excluding hydrogens is 304 g/mol. The highest BCUT2D eigenvalue weighted by atomic mass is 16.7. The summed E-state index contributed by atoms with van der Waals surface area (Å²) in [6, 6.07) is 6.79. The number of hydrogen-bond donors (Lipinski definition) is 1. The molecule has 0 unspecified atom stereocenters. The minimum atomic E-state index is -0.909. The van der Waals surface area contributed by atoms with E-state index in [1.54, 1.807) is 31.2 Å². The van der Waals surface area contributed by atoms with Gasteiger partial charge < -0.3 is 19.1 Å². The van der Waals surface area contributed by atoms with E-state index in [9.17, 15) is 14.4 Å². The SMILES string of the molecule is CCOC(=O)OCn1c(=O)c(=O)n(CCCO)c2ccccc21. The maximum atomic E-state index is 12.3. The van der Waals surface area contributed by atoms with Gasteiger partial charge in [0, 0.05) is 13.2 Å². The second-order valence-electron chi connectivity index (χ2n) is 4.71. The van der Waals surface area contributed by atoms with E-state index in [0.29, 0.717) is 17.5 Å². The molecule has 0 aliphatic rings. The van der Waals surface area contributed by atoms with Gasteiger partial charge in [-0.05, 0) is 25.5 Å². The third kappa shape index (κ3) is 3.59. The monoisotopic (exact) mass is 322 g/mol. The molecule has 8 nitrogen and oxygen atoms in total. The molecule has 0 bridgehead atoms. The number of aromatic nitrogens is 2. The molecule has 23 heavy (non-hydrogen) atoms. The first-order valence-corrected chi connectivity index (χ1v) is 7.23. The number of aliphatic hydroxyl groups is 1. The van der Waals surface area contributed by atoms with Crippen molar-refractivity contribution in [3.63, 3.8) is 0 Å². The van der Waals surface area contributed by atoms with Crippen LogP contribution in [0.25, 0.3) is 11.0 Å². The van der Waals surface area contributed by atoms with Crippen molar-refractivity contribution in [3.05, 3.63) is 45.0 Å². The highest BCUT2D eigenvalue weighted by Crippen LogP contribution is 2.11. The van der Waals surface area contributed by atoms with Crippen LogP contribution in [0.3, 0.4) is 0 Å². The third-order valence-corrected chi connectivity index (χ3v) is 3.25. The van der Waals surface area contributed by atoms with Crippen LogP contribution in [-0.4, -0.2) is 33.6 Å². The summed E-state index contributed by atoms with van der Waals surface area (Å²) in [5.74, 6) is 0. The molecule has 1 heterocycles. The lowest BCUT2D eigenvalue weighted by atomic mass is 10.2. The van der Waals surface area contributed by atoms with Gasteiger partial charge in [-0.2, -0.15) is 0 Å². The number of hydrogen-bond acceptors (Lipinski definition) is 6. The topological polar surface area (TPSA) is 99.8 Å². The molecule has 0 saturated carbocycles. The molecule has 1 N–H and O–H groups in total. The summed E-state index contributed by atoms with van der Waals surface area (Å²) >= 11 is 0. The predicted octanol–water partition coefficient (Wildman–Crippen LogP) is 0.676. The van der Waals surface area contributed by atoms with Crippen LogP contribution in [0.5, 0.6) is 0 Å². The normalized spacial score (nSPS) is 10.7. The van der Waals surface area contributed by atoms with Crippen LogP contribution >= 0.6 is 0 Å². The van der Waals surface area contributed by atoms with Gasteiger partial charge in [-0.15, -0.1) is 0 Å². The number of ether oxygens (including phenoxy) is 2. The van der Waals surface area contributed by atoms with Crippen molar-refractivity contribution in [2.24, 2.45) is 0 Å². The first-order chi connectivity index (χ1) is 11.1. The predicted molar refractivity (Wildman–Crippen MR) is 82.3 cm³/mol. The molecule has 8 heteroatoms. The molecule has 0 radical (unpaired) electrons. The van der Waals surface area contributed by atoms with E-state index >= 15 is 0 Å². The summed E-state index contributed by atoms with van der Waals surface area (Å²) in [5.41, 5.74) is -0.548. The van der Waals surface area contributed by atoms with E-state index in [4.69, 9.17) is 9.84 Å². The molecule has 0 atom stereocenters. The zero-order valence-corrected chi connectivity index (χ0v) is 12.7. The van der Waals surface area contributed by atoms with E-state index in [2.05, 4.69) is 4.74 Å². The van der Waals surface area contributed by atoms with Gasteiger partial charge in [-0.1, -0.05) is 12.1 Å². The van der Waals surface area contributed by atoms with Crippen LogP contribution in [0.1, 0.15) is 13.3 Å². The van der Waals surface area contributed by atoms with Gasteiger partial charge in [-0.25, -0.2) is 4.79 Å². The van der Waals surface area contributed by atoms with Crippen LogP contribution in [-0.2, 0) is 22.7 Å². The van der Waals surface area contributed by atoms with Crippen LogP contribution in [0.4, 0.5) is 4.79 Å². The molecule has 0 aliphatic heterocycles. The number of rotatable bonds is 6. The molecular formula is C15H18N2O6. The maximum Gasteiger partial charge on any atom is 0.510 e. The summed E-state index contributed by atoms with van der Waals surface area (Å²) < 4.78 is 11.9. The van der Waals surface area contributed by atoms with Crippen molar-refractivity contribution in [1.29, 1.82) is 0 Å². The smallest absolute Gasteiger partial charge is 0.435 e. The third-order valence-electron chi connectivity index (χ3n) is 3.25. The van der Waals surface area contributed by atoms with Gasteiger partial charge in [0.05, 0.1) is 17.6 Å². The number of aryl methyl sites for hydroxylation is 1. The lowest BCUT2D eigenvalue weighted by Gasteiger charge is -2.14. The Morgan fingerprint density at radius 2 is 1.70 bits per heavy atom. The zero-order chi connectivity index (χ0) is 16.8. The Bertz CT molecular complexity index is 808. The molecule has 2 rings (SSSR count). The van der Waals surface area contributed by atoms with E-state index in [1.165, 1.54) is 4.57 Å². The molecule has 2 aromatic rings. The zero-order valence-electron chi connectivity index (χ0n) is 12.7. The fourth-order valence-corrected chi connectivity index (χ4v) is 2.23. The van der Waals surface area contributed by atoms with Crippen molar-refractivity contribution < 1.29 is 19.4 Å². The molecule has 0 amide bonds. The van der Waals surface area contributed by atoms with Gasteiger partial charge >= 0.3 is 17.3 Å². The number of carbonyl (C=O) groups is 1. The van der Waals surface area contributed by atoms with Gasteiger partial charge in [0.1, 0.15) is 0 Å². The van der Waals surface area contributed by atoms with Crippen molar-refractivity contribution in [2.45, 2.75) is 26.6 Å². The van der Waals surface area contributed by atoms with Crippen LogP contribution in [0, 0.1) is 0 Å². The van der Waals surface area contributed by atoms with E-state index in [1.807, 2.05) is 0 Å². The van der Waals surface area contributed by atoms with Gasteiger partial charge in [0.15, 0.2) is 6.73 Å². The first-order valence-electron chi connectivity index (χ1n) is 7.23. The summed E-state index contributed by atoms with van der Waals surface area (Å²) in [4.78, 5) is 35.8. The molecule has 0 fully saturated rings. The van der Waals surface area contributed by atoms with Crippen LogP contribution in [0.15, 0.2) is 33.9 Å². The van der Waals surface area contributed by atoms with Crippen molar-refractivity contribution in [1.82, 2.24) is 9.13 Å². The van der Waals surface area contributed by atoms with Crippen molar-refractivity contribution in [3.8, 4) is 0 Å². The van der Waals surface area contributed by atoms with Gasteiger partial charge in [0.2, 0.25) is 0 Å². The fourth-order valence-electron chi connectivity index (χ4n) is 2.23. The minimum absolute atomic E-state index is 0.0875. The Kier molecular flexibility index (Phi) is 5.53. The Morgan fingerprint density at radius 1 is 1.09 bits per heavy atom. The lowest BCUT2D eigenvalue weighted by molar-refractivity contribution is 0.0371. The van der Waals surface area contributed by atoms with E-state index in [-0.39, 0.29) is 19.8 Å². The molecule has 1 aromatic carbocycles. The number of aliphatic hydroxyl groups excluding tert-OH is 1. The maximum absolute atomic E-state index is 12.3. The number of carbonyl (C=O) groups excluding carboxylic acids is 1. The quantitative estimate of drug-likeness (QED) is 0.620. The average molecular weight is 322 g/mol. The largest absolute Gasteiger partial charge is 0.510 e. The standard InChI is InChI=1S/C15H18N2O6/c1-2-22-15(21)23-10-17-12-7-4-3-6-11(12)16(8-5-9-18)13(19)14(17)20/h3-4,6-7,18H,2,5,8-10H2,1H3. The van der Waals surface area contributed by atoms with Crippen molar-refractivity contribution >= 4 is 17.2 Å². The first kappa shape index (κ1) is 16.8. The number of fused-ring (bicyclic) bond motifs is 1. The second-order valence-corrected chi connectivity index (χ2v) is 4.71. The fraction of sp³-hybridized carbons (Fsp3) is 0.400. The average Bonchev–Trinajstić information content (AvgIpc) is 2.55. The second kappa shape index (κ2) is 7.59. The lowest BCUT2D eigenvalue weighted by Crippen LogP contribution is -2.42.